The van der Waals surface area contributed by atoms with Gasteiger partial charge in [0.25, 0.3) is 0 Å². The molecule has 0 aliphatic carbocycles. The number of nitrogens with zero attached hydrogens (tertiary/aromatic N) is 2. The number of imidazole rings is 1. The van der Waals surface area contributed by atoms with Crippen LogP contribution in [0.15, 0.2) is 24.3 Å². The molecular weight excluding hydrogens is 222 g/mol. The Morgan fingerprint density at radius 1 is 1.11 bits per heavy atom. The lowest BCUT2D eigenvalue weighted by molar-refractivity contribution is 0.321. The molecule has 0 aliphatic rings. The van der Waals surface area contributed by atoms with Crippen molar-refractivity contribution in [1.82, 2.24) is 14.9 Å². The van der Waals surface area contributed by atoms with E-state index in [2.05, 4.69) is 67.1 Å². The van der Waals surface area contributed by atoms with Crippen molar-refractivity contribution < 1.29 is 0 Å². The second kappa shape index (κ2) is 4.94. The molecule has 0 radical (unpaired) electrons. The van der Waals surface area contributed by atoms with Crippen molar-refractivity contribution in [3.63, 3.8) is 0 Å². The van der Waals surface area contributed by atoms with Gasteiger partial charge in [-0.1, -0.05) is 24.3 Å². The Morgan fingerprint density at radius 2 is 1.72 bits per heavy atom. The molecular formula is C15H21N3. The fraction of sp³-hybridized carbons (Fsp3) is 0.400. The molecule has 0 spiro atoms. The molecule has 0 bridgehead atoms. The summed E-state index contributed by atoms with van der Waals surface area (Å²) in [6.07, 6.45) is 0. The van der Waals surface area contributed by atoms with Crippen molar-refractivity contribution in [1.29, 1.82) is 0 Å². The quantitative estimate of drug-likeness (QED) is 0.896. The van der Waals surface area contributed by atoms with Crippen LogP contribution in [0.1, 0.15) is 30.0 Å². The van der Waals surface area contributed by atoms with Gasteiger partial charge in [-0.15, -0.1) is 0 Å². The maximum atomic E-state index is 4.52. The van der Waals surface area contributed by atoms with Crippen molar-refractivity contribution in [2.75, 3.05) is 14.1 Å². The summed E-state index contributed by atoms with van der Waals surface area (Å²) in [4.78, 5) is 9.97. The summed E-state index contributed by atoms with van der Waals surface area (Å²) in [6.45, 7) is 6.25. The Kier molecular flexibility index (Phi) is 3.53. The van der Waals surface area contributed by atoms with E-state index in [1.54, 1.807) is 0 Å². The molecule has 1 N–H and O–H groups in total. The summed E-state index contributed by atoms with van der Waals surface area (Å²) >= 11 is 0. The number of nitrogens with one attached hydrogen (secondary N) is 1. The van der Waals surface area contributed by atoms with E-state index in [-0.39, 0.29) is 0 Å². The normalized spacial score (nSPS) is 13.0. The predicted octanol–water partition coefficient (Wildman–Crippen LogP) is 3.32. The van der Waals surface area contributed by atoms with Gasteiger partial charge in [0.05, 0.1) is 5.69 Å². The minimum atomic E-state index is 0.432. The second-order valence-electron chi connectivity index (χ2n) is 5.06. The van der Waals surface area contributed by atoms with E-state index in [9.17, 15) is 0 Å². The molecule has 1 aromatic heterocycles. The van der Waals surface area contributed by atoms with Crippen molar-refractivity contribution in [2.45, 2.75) is 26.8 Å². The lowest BCUT2D eigenvalue weighted by Crippen LogP contribution is -2.16. The van der Waals surface area contributed by atoms with Crippen LogP contribution in [0.2, 0.25) is 0 Å². The van der Waals surface area contributed by atoms with Gasteiger partial charge in [-0.05, 0) is 40.4 Å². The molecule has 3 nitrogen and oxygen atoms in total. The van der Waals surface area contributed by atoms with Crippen LogP contribution in [-0.2, 0) is 0 Å². The lowest BCUT2D eigenvalue weighted by atomic mass is 10.0. The third-order valence-corrected chi connectivity index (χ3v) is 3.44. The average molecular weight is 243 g/mol. The molecule has 2 aromatic rings. The highest BCUT2D eigenvalue weighted by atomic mass is 15.1. The second-order valence-corrected chi connectivity index (χ2v) is 5.06. The van der Waals surface area contributed by atoms with Crippen molar-refractivity contribution in [3.05, 3.63) is 41.3 Å². The van der Waals surface area contributed by atoms with Crippen molar-refractivity contribution in [3.8, 4) is 11.3 Å². The molecule has 96 valence electrons. The fourth-order valence-corrected chi connectivity index (χ4v) is 2.11. The number of aromatic amines is 1. The first-order valence-electron chi connectivity index (χ1n) is 6.29. The zero-order valence-electron chi connectivity index (χ0n) is 11.8. The number of hydrogen-bond donors (Lipinski definition) is 1. The van der Waals surface area contributed by atoms with Crippen LogP contribution in [0.25, 0.3) is 11.3 Å². The third kappa shape index (κ3) is 2.46. The average Bonchev–Trinajstić information content (AvgIpc) is 2.67. The van der Waals surface area contributed by atoms with Gasteiger partial charge in [0.1, 0.15) is 5.82 Å². The largest absolute Gasteiger partial charge is 0.346 e. The van der Waals surface area contributed by atoms with E-state index in [1.165, 1.54) is 11.1 Å². The van der Waals surface area contributed by atoms with E-state index < -0.39 is 0 Å². The molecule has 1 aromatic carbocycles. The van der Waals surface area contributed by atoms with Crippen LogP contribution in [0, 0.1) is 13.8 Å². The number of benzene rings is 1. The van der Waals surface area contributed by atoms with Gasteiger partial charge in [-0.2, -0.15) is 0 Å². The molecule has 0 aliphatic heterocycles. The van der Waals surface area contributed by atoms with Crippen LogP contribution in [-0.4, -0.2) is 29.0 Å². The molecule has 1 heterocycles. The van der Waals surface area contributed by atoms with Gasteiger partial charge in [-0.25, -0.2) is 4.98 Å². The number of rotatable bonds is 3. The zero-order valence-corrected chi connectivity index (χ0v) is 11.8. The highest BCUT2D eigenvalue weighted by molar-refractivity contribution is 5.62. The molecule has 0 amide bonds. The minimum absolute atomic E-state index is 0.432. The van der Waals surface area contributed by atoms with E-state index >= 15 is 0 Å². The highest BCUT2D eigenvalue weighted by Gasteiger charge is 2.10. The molecule has 3 heteroatoms. The Balaban J connectivity index is 2.30. The van der Waals surface area contributed by atoms with Crippen molar-refractivity contribution in [2.24, 2.45) is 0 Å². The minimum Gasteiger partial charge on any atom is -0.346 e. The molecule has 18 heavy (non-hydrogen) atoms. The predicted molar refractivity (Wildman–Crippen MR) is 75.6 cm³/mol. The van der Waals surface area contributed by atoms with Gasteiger partial charge in [0.15, 0.2) is 0 Å². The Labute approximate surface area is 109 Å². The first-order chi connectivity index (χ1) is 8.49. The zero-order chi connectivity index (χ0) is 13.3. The Hall–Kier alpha value is -1.61. The Bertz CT molecular complexity index is 523. The van der Waals surface area contributed by atoms with Crippen LogP contribution in [0.3, 0.4) is 0 Å². The molecule has 2 rings (SSSR count). The smallest absolute Gasteiger partial charge is 0.103 e. The summed E-state index contributed by atoms with van der Waals surface area (Å²) in [5.41, 5.74) is 4.68. The molecule has 1 unspecified atom stereocenters. The van der Waals surface area contributed by atoms with E-state index in [1.807, 2.05) is 6.92 Å². The standard InChI is InChI=1S/C15H21N3/c1-10-15(17-12(3)16-10)14-8-6-13(7-9-14)11(2)18(4)5/h6-9,11H,1-5H3,(H,16,17). The van der Waals surface area contributed by atoms with Crippen molar-refractivity contribution >= 4 is 0 Å². The summed E-state index contributed by atoms with van der Waals surface area (Å²) < 4.78 is 0. The SMILES string of the molecule is Cc1nc(-c2ccc(C(C)N(C)C)cc2)c(C)[nH]1. The fourth-order valence-electron chi connectivity index (χ4n) is 2.11. The van der Waals surface area contributed by atoms with E-state index in [4.69, 9.17) is 0 Å². The van der Waals surface area contributed by atoms with Crippen LogP contribution < -0.4 is 0 Å². The van der Waals surface area contributed by atoms with Gasteiger partial charge in [0, 0.05) is 17.3 Å². The maximum absolute atomic E-state index is 4.52. The first-order valence-corrected chi connectivity index (χ1v) is 6.29. The number of hydrogen-bond acceptors (Lipinski definition) is 2. The lowest BCUT2D eigenvalue weighted by Gasteiger charge is -2.20. The summed E-state index contributed by atoms with van der Waals surface area (Å²) in [5.74, 6) is 0.966. The summed E-state index contributed by atoms with van der Waals surface area (Å²) in [7, 11) is 4.19. The number of aromatic nitrogens is 2. The molecule has 0 saturated heterocycles. The highest BCUT2D eigenvalue weighted by Crippen LogP contribution is 2.24. The Morgan fingerprint density at radius 3 is 2.17 bits per heavy atom. The van der Waals surface area contributed by atoms with Crippen LogP contribution in [0.5, 0.6) is 0 Å². The summed E-state index contributed by atoms with van der Waals surface area (Å²) in [5, 5.41) is 0. The number of H-pyrrole nitrogens is 1. The summed E-state index contributed by atoms with van der Waals surface area (Å²) in [6, 6.07) is 9.10. The van der Waals surface area contributed by atoms with Crippen LogP contribution in [0.4, 0.5) is 0 Å². The monoisotopic (exact) mass is 243 g/mol. The first kappa shape index (κ1) is 12.8. The van der Waals surface area contributed by atoms with Gasteiger partial charge < -0.3 is 9.88 Å². The topological polar surface area (TPSA) is 31.9 Å². The van der Waals surface area contributed by atoms with Gasteiger partial charge in [-0.3, -0.25) is 0 Å². The van der Waals surface area contributed by atoms with Gasteiger partial charge >= 0.3 is 0 Å². The van der Waals surface area contributed by atoms with Crippen LogP contribution >= 0.6 is 0 Å². The maximum Gasteiger partial charge on any atom is 0.103 e. The number of aryl methyl sites for hydroxylation is 2. The molecule has 0 saturated carbocycles. The third-order valence-electron chi connectivity index (χ3n) is 3.44. The molecule has 0 fully saturated rings. The van der Waals surface area contributed by atoms with E-state index in [0.717, 1.165) is 17.2 Å². The molecule has 1 atom stereocenters. The van der Waals surface area contributed by atoms with Gasteiger partial charge in [0.2, 0.25) is 0 Å². The van der Waals surface area contributed by atoms with E-state index in [0.29, 0.717) is 6.04 Å².